The molecule has 0 aliphatic heterocycles. The number of imidazole rings is 1. The van der Waals surface area contributed by atoms with Crippen molar-refractivity contribution in [2.75, 3.05) is 12.9 Å². The number of nitrogens with zero attached hydrogens (tertiary/aromatic N) is 3. The summed E-state index contributed by atoms with van der Waals surface area (Å²) in [7, 11) is -3.57. The van der Waals surface area contributed by atoms with Gasteiger partial charge in [-0.05, 0) is 31.3 Å². The molecule has 1 fully saturated rings. The second-order valence-corrected chi connectivity index (χ2v) is 9.94. The van der Waals surface area contributed by atoms with Crippen LogP contribution in [0, 0.1) is 5.92 Å². The number of hydrogen-bond donors (Lipinski definition) is 2. The van der Waals surface area contributed by atoms with E-state index >= 15 is 0 Å². The van der Waals surface area contributed by atoms with Crippen LogP contribution in [0.15, 0.2) is 30.3 Å². The number of ether oxygens (including phenoxy) is 1. The van der Waals surface area contributed by atoms with Gasteiger partial charge in [0.05, 0.1) is 12.9 Å². The lowest BCUT2D eigenvalue weighted by atomic mass is 9.90. The van der Waals surface area contributed by atoms with Gasteiger partial charge in [0.25, 0.3) is 0 Å². The molecule has 2 aromatic rings. The first-order valence-electron chi connectivity index (χ1n) is 9.58. The Morgan fingerprint density at radius 3 is 2.75 bits per heavy atom. The van der Waals surface area contributed by atoms with Gasteiger partial charge in [-0.25, -0.2) is 18.4 Å². The molecule has 3 N–H and O–H groups in total. The van der Waals surface area contributed by atoms with Crippen molar-refractivity contribution < 1.29 is 13.2 Å². The normalized spacial score (nSPS) is 23.7. The lowest BCUT2D eigenvalue weighted by Gasteiger charge is -2.28. The number of hydrogen-bond acceptors (Lipinski definition) is 7. The predicted octanol–water partition coefficient (Wildman–Crippen LogP) is 2.35. The number of H-pyrrole nitrogens is 1. The Hall–Kier alpha value is -2.42. The molecule has 0 radical (unpaired) electrons. The van der Waals surface area contributed by atoms with Gasteiger partial charge in [0.1, 0.15) is 5.52 Å². The molecule has 2 aliphatic carbocycles. The minimum atomic E-state index is -3.57. The summed E-state index contributed by atoms with van der Waals surface area (Å²) in [5.74, 6) is 1.00. The zero-order chi connectivity index (χ0) is 19.8. The molecule has 0 saturated heterocycles. The number of sulfone groups is 1. The SMILES string of the molecule is CS(=O)(=O)C1(c2nc(OCC3CCCCC3)c3[nH]cnc3n2)C=CC(N)=CC1. The number of nitrogens with one attached hydrogen (secondary N) is 1. The van der Waals surface area contributed by atoms with E-state index in [4.69, 9.17) is 10.5 Å². The molecule has 28 heavy (non-hydrogen) atoms. The highest BCUT2D eigenvalue weighted by molar-refractivity contribution is 7.91. The van der Waals surface area contributed by atoms with E-state index in [0.717, 1.165) is 12.8 Å². The number of fused-ring (bicyclic) bond motifs is 1. The molecule has 9 heteroatoms. The van der Waals surface area contributed by atoms with Gasteiger partial charge in [0, 0.05) is 12.0 Å². The number of aromatic amines is 1. The van der Waals surface area contributed by atoms with Crippen LogP contribution < -0.4 is 10.5 Å². The van der Waals surface area contributed by atoms with E-state index in [-0.39, 0.29) is 12.2 Å². The van der Waals surface area contributed by atoms with Gasteiger partial charge in [0.15, 0.2) is 26.1 Å². The molecule has 1 atom stereocenters. The summed E-state index contributed by atoms with van der Waals surface area (Å²) in [5.41, 5.74) is 7.30. The maximum atomic E-state index is 12.7. The van der Waals surface area contributed by atoms with Gasteiger partial charge in [0.2, 0.25) is 5.88 Å². The highest BCUT2D eigenvalue weighted by atomic mass is 32.2. The number of allylic oxidation sites excluding steroid dienone is 2. The molecule has 0 spiro atoms. The van der Waals surface area contributed by atoms with E-state index in [9.17, 15) is 8.42 Å². The fourth-order valence-electron chi connectivity index (χ4n) is 3.89. The highest BCUT2D eigenvalue weighted by Gasteiger charge is 2.44. The first kappa shape index (κ1) is 18.9. The fourth-order valence-corrected chi connectivity index (χ4v) is 5.02. The van der Waals surface area contributed by atoms with E-state index in [1.165, 1.54) is 31.8 Å². The predicted molar refractivity (Wildman–Crippen MR) is 106 cm³/mol. The molecular formula is C19H25N5O3S. The molecule has 2 aliphatic rings. The number of aromatic nitrogens is 4. The molecule has 1 unspecified atom stereocenters. The van der Waals surface area contributed by atoms with E-state index in [2.05, 4.69) is 19.9 Å². The number of rotatable bonds is 5. The molecule has 2 aromatic heterocycles. The summed E-state index contributed by atoms with van der Waals surface area (Å²) in [6.45, 7) is 0.555. The molecule has 0 aromatic carbocycles. The Morgan fingerprint density at radius 1 is 1.29 bits per heavy atom. The third kappa shape index (κ3) is 3.39. The number of nitrogens with two attached hydrogens (primary N) is 1. The summed E-state index contributed by atoms with van der Waals surface area (Å²) in [4.78, 5) is 16.2. The summed E-state index contributed by atoms with van der Waals surface area (Å²) in [5, 5.41) is 0. The summed E-state index contributed by atoms with van der Waals surface area (Å²) in [6.07, 6.45) is 13.7. The first-order valence-corrected chi connectivity index (χ1v) is 11.5. The van der Waals surface area contributed by atoms with E-state index in [1.807, 2.05) is 0 Å². The van der Waals surface area contributed by atoms with Crippen molar-refractivity contribution in [3.63, 3.8) is 0 Å². The topological polar surface area (TPSA) is 124 Å². The second kappa shape index (κ2) is 7.20. The van der Waals surface area contributed by atoms with Gasteiger partial charge in [-0.2, -0.15) is 4.98 Å². The van der Waals surface area contributed by atoms with Crippen LogP contribution in [-0.4, -0.2) is 41.2 Å². The zero-order valence-corrected chi connectivity index (χ0v) is 16.7. The van der Waals surface area contributed by atoms with E-state index in [0.29, 0.717) is 35.3 Å². The van der Waals surface area contributed by atoms with E-state index in [1.54, 1.807) is 18.2 Å². The molecule has 0 amide bonds. The van der Waals surface area contributed by atoms with Crippen LogP contribution in [0.1, 0.15) is 44.3 Å². The van der Waals surface area contributed by atoms with Gasteiger partial charge in [-0.15, -0.1) is 0 Å². The minimum absolute atomic E-state index is 0.160. The summed E-state index contributed by atoms with van der Waals surface area (Å²) in [6, 6.07) is 0. The first-order chi connectivity index (χ1) is 13.4. The Morgan fingerprint density at radius 2 is 2.07 bits per heavy atom. The molecule has 1 saturated carbocycles. The maximum Gasteiger partial charge on any atom is 0.243 e. The van der Waals surface area contributed by atoms with Crippen molar-refractivity contribution in [2.45, 2.75) is 43.3 Å². The monoisotopic (exact) mass is 403 g/mol. The second-order valence-electron chi connectivity index (χ2n) is 7.67. The summed E-state index contributed by atoms with van der Waals surface area (Å²) < 4.78 is 30.1. The Bertz CT molecular complexity index is 1040. The molecule has 4 rings (SSSR count). The average Bonchev–Trinajstić information content (AvgIpc) is 3.15. The third-order valence-corrected chi connectivity index (χ3v) is 7.47. The Labute approximate surface area is 164 Å². The molecule has 2 heterocycles. The van der Waals surface area contributed by atoms with Crippen molar-refractivity contribution in [3.05, 3.63) is 36.1 Å². The van der Waals surface area contributed by atoms with Crippen LogP contribution in [0.25, 0.3) is 11.2 Å². The Balaban J connectivity index is 1.74. The van der Waals surface area contributed by atoms with Gasteiger partial charge in [-0.3, -0.25) is 0 Å². The van der Waals surface area contributed by atoms with Gasteiger partial charge < -0.3 is 15.5 Å². The van der Waals surface area contributed by atoms with Crippen molar-refractivity contribution in [1.29, 1.82) is 0 Å². The van der Waals surface area contributed by atoms with Crippen molar-refractivity contribution >= 4 is 21.0 Å². The zero-order valence-electron chi connectivity index (χ0n) is 15.9. The molecule has 8 nitrogen and oxygen atoms in total. The molecular weight excluding hydrogens is 378 g/mol. The van der Waals surface area contributed by atoms with Gasteiger partial charge >= 0.3 is 0 Å². The smallest absolute Gasteiger partial charge is 0.243 e. The maximum absolute atomic E-state index is 12.7. The van der Waals surface area contributed by atoms with Crippen LogP contribution in [0.4, 0.5) is 0 Å². The Kier molecular flexibility index (Phi) is 4.86. The van der Waals surface area contributed by atoms with Crippen molar-refractivity contribution in [1.82, 2.24) is 19.9 Å². The van der Waals surface area contributed by atoms with Gasteiger partial charge in [-0.1, -0.05) is 31.4 Å². The lowest BCUT2D eigenvalue weighted by molar-refractivity contribution is 0.204. The fraction of sp³-hybridized carbons (Fsp3) is 0.526. The standard InChI is InChI=1S/C19H25N5O3S/c1-28(25,26)19(9-7-14(20)8-10-19)18-23-16-15(21-12-22-16)17(24-18)27-11-13-5-3-2-4-6-13/h7-9,12-13H,2-6,10-11,20H2,1H3,(H,21,22,23,24). The third-order valence-electron chi connectivity index (χ3n) is 5.66. The molecule has 0 bridgehead atoms. The lowest BCUT2D eigenvalue weighted by Crippen LogP contribution is -2.36. The van der Waals surface area contributed by atoms with Crippen molar-refractivity contribution in [2.24, 2.45) is 11.7 Å². The van der Waals surface area contributed by atoms with E-state index < -0.39 is 14.6 Å². The van der Waals surface area contributed by atoms with Crippen LogP contribution in [0.3, 0.4) is 0 Å². The minimum Gasteiger partial charge on any atom is -0.476 e. The van der Waals surface area contributed by atoms with Crippen LogP contribution in [0.5, 0.6) is 5.88 Å². The quantitative estimate of drug-likeness (QED) is 0.785. The molecule has 150 valence electrons. The summed E-state index contributed by atoms with van der Waals surface area (Å²) >= 11 is 0. The van der Waals surface area contributed by atoms with Crippen LogP contribution in [0.2, 0.25) is 0 Å². The van der Waals surface area contributed by atoms with Crippen LogP contribution in [-0.2, 0) is 14.6 Å². The van der Waals surface area contributed by atoms with Crippen molar-refractivity contribution in [3.8, 4) is 5.88 Å². The highest BCUT2D eigenvalue weighted by Crippen LogP contribution is 2.38. The largest absolute Gasteiger partial charge is 0.476 e. The average molecular weight is 404 g/mol. The van der Waals surface area contributed by atoms with Crippen LogP contribution >= 0.6 is 0 Å².